The van der Waals surface area contributed by atoms with Gasteiger partial charge in [0.15, 0.2) is 0 Å². The Morgan fingerprint density at radius 1 is 1.24 bits per heavy atom. The Morgan fingerprint density at radius 3 is 2.65 bits per heavy atom. The number of rotatable bonds is 4. The SMILES string of the molecule is O=c1c(Cl)c(Cl)cnn1CCCN1CCCC1. The third kappa shape index (κ3) is 3.21. The predicted molar refractivity (Wildman–Crippen MR) is 68.8 cm³/mol. The lowest BCUT2D eigenvalue weighted by molar-refractivity contribution is 0.320. The second-order valence-electron chi connectivity index (χ2n) is 4.24. The molecule has 17 heavy (non-hydrogen) atoms. The van der Waals surface area contributed by atoms with Crippen molar-refractivity contribution in [3.8, 4) is 0 Å². The molecule has 0 unspecified atom stereocenters. The highest BCUT2D eigenvalue weighted by atomic mass is 35.5. The molecule has 2 rings (SSSR count). The smallest absolute Gasteiger partial charge is 0.287 e. The number of halogens is 2. The van der Waals surface area contributed by atoms with Crippen LogP contribution in [0.25, 0.3) is 0 Å². The van der Waals surface area contributed by atoms with Crippen LogP contribution in [0.1, 0.15) is 19.3 Å². The third-order valence-electron chi connectivity index (χ3n) is 2.99. The van der Waals surface area contributed by atoms with E-state index in [1.54, 1.807) is 0 Å². The van der Waals surface area contributed by atoms with Crippen molar-refractivity contribution in [2.75, 3.05) is 19.6 Å². The average Bonchev–Trinajstić information content (AvgIpc) is 2.82. The van der Waals surface area contributed by atoms with E-state index in [4.69, 9.17) is 23.2 Å². The normalized spacial score (nSPS) is 16.6. The van der Waals surface area contributed by atoms with E-state index in [-0.39, 0.29) is 15.6 Å². The monoisotopic (exact) mass is 275 g/mol. The standard InChI is InChI=1S/C11H15Cl2N3O/c12-9-8-14-16(11(17)10(9)13)7-3-6-15-4-1-2-5-15/h8H,1-7H2. The number of aryl methyl sites for hydroxylation is 1. The number of hydrogen-bond donors (Lipinski definition) is 0. The predicted octanol–water partition coefficient (Wildman–Crippen LogP) is 2.04. The van der Waals surface area contributed by atoms with E-state index in [0.29, 0.717) is 6.54 Å². The fourth-order valence-electron chi connectivity index (χ4n) is 2.05. The Kier molecular flexibility index (Phi) is 4.42. The molecule has 0 bridgehead atoms. The lowest BCUT2D eigenvalue weighted by Crippen LogP contribution is -2.26. The Bertz CT molecular complexity index is 441. The largest absolute Gasteiger partial charge is 0.303 e. The minimum Gasteiger partial charge on any atom is -0.303 e. The second kappa shape index (κ2) is 5.85. The first-order valence-corrected chi connectivity index (χ1v) is 6.57. The van der Waals surface area contributed by atoms with Crippen LogP contribution < -0.4 is 5.56 Å². The number of likely N-dealkylation sites (tertiary alicyclic amines) is 1. The van der Waals surface area contributed by atoms with Crippen LogP contribution in [0, 0.1) is 0 Å². The number of aromatic nitrogens is 2. The van der Waals surface area contributed by atoms with Crippen LogP contribution >= 0.6 is 23.2 Å². The van der Waals surface area contributed by atoms with Crippen molar-refractivity contribution in [2.45, 2.75) is 25.8 Å². The Balaban J connectivity index is 1.90. The summed E-state index contributed by atoms with van der Waals surface area (Å²) in [6.45, 7) is 3.94. The molecule has 0 aromatic carbocycles. The van der Waals surface area contributed by atoms with E-state index in [0.717, 1.165) is 13.0 Å². The molecular weight excluding hydrogens is 261 g/mol. The zero-order chi connectivity index (χ0) is 12.3. The molecule has 2 heterocycles. The van der Waals surface area contributed by atoms with E-state index in [1.807, 2.05) is 0 Å². The summed E-state index contributed by atoms with van der Waals surface area (Å²) in [5, 5.41) is 4.25. The highest BCUT2D eigenvalue weighted by Gasteiger charge is 2.11. The van der Waals surface area contributed by atoms with Gasteiger partial charge in [-0.15, -0.1) is 0 Å². The summed E-state index contributed by atoms with van der Waals surface area (Å²) in [5.74, 6) is 0. The van der Waals surface area contributed by atoms with Crippen molar-refractivity contribution >= 4 is 23.2 Å². The maximum atomic E-state index is 11.7. The zero-order valence-electron chi connectivity index (χ0n) is 9.53. The molecule has 0 aliphatic carbocycles. The van der Waals surface area contributed by atoms with E-state index >= 15 is 0 Å². The summed E-state index contributed by atoms with van der Waals surface area (Å²) in [5.41, 5.74) is -0.305. The van der Waals surface area contributed by atoms with Gasteiger partial charge in [-0.05, 0) is 38.9 Å². The summed E-state index contributed by atoms with van der Waals surface area (Å²) in [4.78, 5) is 14.1. The number of nitrogens with zero attached hydrogens (tertiary/aromatic N) is 3. The molecule has 6 heteroatoms. The van der Waals surface area contributed by atoms with Gasteiger partial charge in [0.1, 0.15) is 5.02 Å². The van der Waals surface area contributed by atoms with Crippen LogP contribution in [-0.2, 0) is 6.54 Å². The molecule has 94 valence electrons. The van der Waals surface area contributed by atoms with Gasteiger partial charge in [0.05, 0.1) is 11.2 Å². The molecule has 4 nitrogen and oxygen atoms in total. The maximum absolute atomic E-state index is 11.7. The molecule has 1 aromatic heterocycles. The Hall–Kier alpha value is -0.580. The van der Waals surface area contributed by atoms with Crippen LogP contribution in [0.3, 0.4) is 0 Å². The van der Waals surface area contributed by atoms with E-state index in [2.05, 4.69) is 10.00 Å². The van der Waals surface area contributed by atoms with Gasteiger partial charge in [-0.3, -0.25) is 4.79 Å². The maximum Gasteiger partial charge on any atom is 0.287 e. The number of hydrogen-bond acceptors (Lipinski definition) is 3. The molecule has 1 saturated heterocycles. The van der Waals surface area contributed by atoms with Crippen LogP contribution in [0.2, 0.25) is 10.0 Å². The van der Waals surface area contributed by atoms with Gasteiger partial charge in [0.25, 0.3) is 5.56 Å². The summed E-state index contributed by atoms with van der Waals surface area (Å²) in [6, 6.07) is 0. The first-order chi connectivity index (χ1) is 8.18. The highest BCUT2D eigenvalue weighted by Crippen LogP contribution is 2.14. The van der Waals surface area contributed by atoms with E-state index in [1.165, 1.54) is 36.8 Å². The molecular formula is C11H15Cl2N3O. The van der Waals surface area contributed by atoms with E-state index < -0.39 is 0 Å². The second-order valence-corrected chi connectivity index (χ2v) is 5.02. The van der Waals surface area contributed by atoms with Crippen LogP contribution in [0.4, 0.5) is 0 Å². The quantitative estimate of drug-likeness (QED) is 0.844. The summed E-state index contributed by atoms with van der Waals surface area (Å²) in [6.07, 6.45) is 4.89. The minimum absolute atomic E-state index is 0.0582. The average molecular weight is 276 g/mol. The first-order valence-electron chi connectivity index (χ1n) is 5.82. The van der Waals surface area contributed by atoms with Gasteiger partial charge in [0, 0.05) is 6.54 Å². The van der Waals surface area contributed by atoms with Gasteiger partial charge in [-0.1, -0.05) is 23.2 Å². The van der Waals surface area contributed by atoms with Crippen LogP contribution in [0.15, 0.2) is 11.0 Å². The lowest BCUT2D eigenvalue weighted by atomic mass is 10.4. The molecule has 0 saturated carbocycles. The highest BCUT2D eigenvalue weighted by molar-refractivity contribution is 6.41. The topological polar surface area (TPSA) is 38.1 Å². The van der Waals surface area contributed by atoms with Crippen molar-refractivity contribution in [2.24, 2.45) is 0 Å². The molecule has 1 aliphatic rings. The van der Waals surface area contributed by atoms with Crippen molar-refractivity contribution in [3.63, 3.8) is 0 Å². The fourth-order valence-corrected chi connectivity index (χ4v) is 2.33. The van der Waals surface area contributed by atoms with Crippen LogP contribution in [-0.4, -0.2) is 34.3 Å². The zero-order valence-corrected chi connectivity index (χ0v) is 11.0. The molecule has 0 N–H and O–H groups in total. The summed E-state index contributed by atoms with van der Waals surface area (Å²) < 4.78 is 1.38. The first kappa shape index (κ1) is 12.9. The van der Waals surface area contributed by atoms with Gasteiger partial charge < -0.3 is 4.90 Å². The third-order valence-corrected chi connectivity index (χ3v) is 3.73. The summed E-state index contributed by atoms with van der Waals surface area (Å²) in [7, 11) is 0. The molecule has 1 aliphatic heterocycles. The van der Waals surface area contributed by atoms with Gasteiger partial charge >= 0.3 is 0 Å². The Morgan fingerprint density at radius 2 is 1.94 bits per heavy atom. The molecule has 0 radical (unpaired) electrons. The van der Waals surface area contributed by atoms with Crippen molar-refractivity contribution in [3.05, 3.63) is 26.6 Å². The fraction of sp³-hybridized carbons (Fsp3) is 0.636. The Labute approximate surface area is 110 Å². The van der Waals surface area contributed by atoms with E-state index in [9.17, 15) is 4.79 Å². The summed E-state index contributed by atoms with van der Waals surface area (Å²) >= 11 is 11.5. The lowest BCUT2D eigenvalue weighted by Gasteiger charge is -2.14. The molecule has 1 aromatic rings. The molecule has 0 amide bonds. The molecule has 1 fully saturated rings. The van der Waals surface area contributed by atoms with Crippen LogP contribution in [0.5, 0.6) is 0 Å². The van der Waals surface area contributed by atoms with Crippen molar-refractivity contribution in [1.29, 1.82) is 0 Å². The molecule has 0 atom stereocenters. The van der Waals surface area contributed by atoms with Gasteiger partial charge in [0.2, 0.25) is 0 Å². The van der Waals surface area contributed by atoms with Crippen molar-refractivity contribution in [1.82, 2.24) is 14.7 Å². The van der Waals surface area contributed by atoms with Crippen molar-refractivity contribution < 1.29 is 0 Å². The molecule has 0 spiro atoms. The van der Waals surface area contributed by atoms with Gasteiger partial charge in [-0.25, -0.2) is 4.68 Å². The van der Waals surface area contributed by atoms with Gasteiger partial charge in [-0.2, -0.15) is 5.10 Å². The minimum atomic E-state index is -0.305.